The molecule has 6 heteroatoms. The highest BCUT2D eigenvalue weighted by Gasteiger charge is 2.20. The lowest BCUT2D eigenvalue weighted by Crippen LogP contribution is -2.46. The molecule has 1 aliphatic rings. The minimum absolute atomic E-state index is 0.304. The summed E-state index contributed by atoms with van der Waals surface area (Å²) in [5.41, 5.74) is 5.24. The van der Waals surface area contributed by atoms with E-state index in [-0.39, 0.29) is 6.03 Å². The van der Waals surface area contributed by atoms with Gasteiger partial charge in [0.15, 0.2) is 0 Å². The molecule has 1 aromatic rings. The number of hydrogen-bond acceptors (Lipinski definition) is 4. The van der Waals surface area contributed by atoms with E-state index in [2.05, 4.69) is 10.3 Å². The van der Waals surface area contributed by atoms with Gasteiger partial charge in [0.05, 0.1) is 5.01 Å². The molecular formula is C11H18N4OS. The van der Waals surface area contributed by atoms with Gasteiger partial charge in [-0.05, 0) is 19.8 Å². The zero-order valence-corrected chi connectivity index (χ0v) is 10.8. The normalized spacial score (nSPS) is 17.4. The standard InChI is InChI=1S/C11H18N4OS/c1-8-13-6-10(17-8)7-14-9-2-4-15(5-3-9)11(12)16/h6,9,14H,2-5,7H2,1H3,(H2,12,16). The van der Waals surface area contributed by atoms with E-state index in [0.29, 0.717) is 6.04 Å². The van der Waals surface area contributed by atoms with Crippen LogP contribution in [0.25, 0.3) is 0 Å². The molecule has 2 amide bonds. The van der Waals surface area contributed by atoms with Crippen LogP contribution in [-0.4, -0.2) is 35.0 Å². The van der Waals surface area contributed by atoms with Crippen LogP contribution in [0.15, 0.2) is 6.20 Å². The van der Waals surface area contributed by atoms with Crippen LogP contribution in [0.5, 0.6) is 0 Å². The smallest absolute Gasteiger partial charge is 0.314 e. The van der Waals surface area contributed by atoms with Crippen LogP contribution in [0.2, 0.25) is 0 Å². The van der Waals surface area contributed by atoms with Crippen LogP contribution in [0.3, 0.4) is 0 Å². The Kier molecular flexibility index (Phi) is 3.96. The highest BCUT2D eigenvalue weighted by Crippen LogP contribution is 2.14. The third-order valence-electron chi connectivity index (χ3n) is 3.04. The van der Waals surface area contributed by atoms with E-state index in [4.69, 9.17) is 5.73 Å². The molecule has 1 saturated heterocycles. The second-order valence-electron chi connectivity index (χ2n) is 4.33. The Bertz CT molecular complexity index is 385. The van der Waals surface area contributed by atoms with Gasteiger partial charge in [0, 0.05) is 36.8 Å². The van der Waals surface area contributed by atoms with Crippen LogP contribution in [0, 0.1) is 6.92 Å². The van der Waals surface area contributed by atoms with Gasteiger partial charge in [-0.2, -0.15) is 0 Å². The molecule has 0 atom stereocenters. The molecule has 0 aliphatic carbocycles. The molecule has 3 N–H and O–H groups in total. The number of carbonyl (C=O) groups excluding carboxylic acids is 1. The number of nitrogens with one attached hydrogen (secondary N) is 1. The van der Waals surface area contributed by atoms with Crippen LogP contribution < -0.4 is 11.1 Å². The molecule has 0 bridgehead atoms. The molecule has 1 fully saturated rings. The second kappa shape index (κ2) is 5.46. The molecule has 0 unspecified atom stereocenters. The number of rotatable bonds is 3. The second-order valence-corrected chi connectivity index (χ2v) is 5.65. The first-order valence-corrected chi connectivity index (χ1v) is 6.66. The van der Waals surface area contributed by atoms with E-state index in [1.807, 2.05) is 13.1 Å². The number of nitrogens with zero attached hydrogens (tertiary/aromatic N) is 2. The zero-order valence-electron chi connectivity index (χ0n) is 9.98. The molecule has 0 radical (unpaired) electrons. The Morgan fingerprint density at radius 3 is 2.88 bits per heavy atom. The highest BCUT2D eigenvalue weighted by molar-refractivity contribution is 7.11. The molecule has 2 rings (SSSR count). The van der Waals surface area contributed by atoms with Crippen LogP contribution in [-0.2, 0) is 6.54 Å². The molecule has 17 heavy (non-hydrogen) atoms. The summed E-state index contributed by atoms with van der Waals surface area (Å²) >= 11 is 1.72. The summed E-state index contributed by atoms with van der Waals surface area (Å²) in [6.45, 7) is 4.40. The van der Waals surface area contributed by atoms with Crippen molar-refractivity contribution in [2.45, 2.75) is 32.4 Å². The molecule has 1 aliphatic heterocycles. The first-order chi connectivity index (χ1) is 8.15. The Morgan fingerprint density at radius 2 is 2.35 bits per heavy atom. The minimum atomic E-state index is -0.304. The van der Waals surface area contributed by atoms with Crippen molar-refractivity contribution in [1.29, 1.82) is 0 Å². The zero-order chi connectivity index (χ0) is 12.3. The predicted octanol–water partition coefficient (Wildman–Crippen LogP) is 1.08. The fourth-order valence-electron chi connectivity index (χ4n) is 2.04. The molecule has 94 valence electrons. The number of piperidine rings is 1. The maximum absolute atomic E-state index is 11.0. The highest BCUT2D eigenvalue weighted by atomic mass is 32.1. The summed E-state index contributed by atoms with van der Waals surface area (Å²) in [5.74, 6) is 0. The number of urea groups is 1. The van der Waals surface area contributed by atoms with Crippen LogP contribution in [0.1, 0.15) is 22.7 Å². The largest absolute Gasteiger partial charge is 0.351 e. The Labute approximate surface area is 105 Å². The van der Waals surface area contributed by atoms with Crippen molar-refractivity contribution >= 4 is 17.4 Å². The Morgan fingerprint density at radius 1 is 1.65 bits per heavy atom. The van der Waals surface area contributed by atoms with Crippen molar-refractivity contribution < 1.29 is 4.79 Å². The van der Waals surface area contributed by atoms with Gasteiger partial charge >= 0.3 is 6.03 Å². The topological polar surface area (TPSA) is 71.2 Å². The number of aryl methyl sites for hydroxylation is 1. The number of likely N-dealkylation sites (tertiary alicyclic amines) is 1. The average molecular weight is 254 g/mol. The van der Waals surface area contributed by atoms with E-state index in [1.54, 1.807) is 16.2 Å². The van der Waals surface area contributed by atoms with Gasteiger partial charge in [0.25, 0.3) is 0 Å². The van der Waals surface area contributed by atoms with E-state index in [1.165, 1.54) is 4.88 Å². The van der Waals surface area contributed by atoms with E-state index >= 15 is 0 Å². The van der Waals surface area contributed by atoms with E-state index in [0.717, 1.165) is 37.5 Å². The van der Waals surface area contributed by atoms with Gasteiger partial charge in [-0.15, -0.1) is 11.3 Å². The maximum Gasteiger partial charge on any atom is 0.314 e. The Balaban J connectivity index is 1.73. The van der Waals surface area contributed by atoms with Crippen LogP contribution in [0.4, 0.5) is 4.79 Å². The first-order valence-electron chi connectivity index (χ1n) is 5.84. The van der Waals surface area contributed by atoms with Gasteiger partial charge in [0.2, 0.25) is 0 Å². The Hall–Kier alpha value is -1.14. The molecule has 1 aromatic heterocycles. The molecule has 2 heterocycles. The van der Waals surface area contributed by atoms with Gasteiger partial charge in [-0.1, -0.05) is 0 Å². The average Bonchev–Trinajstić information content (AvgIpc) is 2.73. The van der Waals surface area contributed by atoms with Gasteiger partial charge in [-0.25, -0.2) is 9.78 Å². The molecular weight excluding hydrogens is 236 g/mol. The number of carbonyl (C=O) groups is 1. The number of hydrogen-bond donors (Lipinski definition) is 2. The summed E-state index contributed by atoms with van der Waals surface area (Å²) in [6, 6.07) is 0.175. The summed E-state index contributed by atoms with van der Waals surface area (Å²) in [7, 11) is 0. The maximum atomic E-state index is 11.0. The lowest BCUT2D eigenvalue weighted by atomic mass is 10.1. The number of primary amides is 1. The van der Waals surface area contributed by atoms with Crippen molar-refractivity contribution in [3.8, 4) is 0 Å². The SMILES string of the molecule is Cc1ncc(CNC2CCN(C(N)=O)CC2)s1. The van der Waals surface area contributed by atoms with Crippen molar-refractivity contribution in [2.24, 2.45) is 5.73 Å². The number of aromatic nitrogens is 1. The van der Waals surface area contributed by atoms with Crippen LogP contribution >= 0.6 is 11.3 Å². The lowest BCUT2D eigenvalue weighted by Gasteiger charge is -2.31. The van der Waals surface area contributed by atoms with Gasteiger partial charge < -0.3 is 16.0 Å². The minimum Gasteiger partial charge on any atom is -0.351 e. The number of nitrogens with two attached hydrogens (primary N) is 1. The molecule has 0 saturated carbocycles. The third-order valence-corrected chi connectivity index (χ3v) is 3.95. The van der Waals surface area contributed by atoms with E-state index in [9.17, 15) is 4.79 Å². The first kappa shape index (κ1) is 12.3. The monoisotopic (exact) mass is 254 g/mol. The fourth-order valence-corrected chi connectivity index (χ4v) is 2.78. The lowest BCUT2D eigenvalue weighted by molar-refractivity contribution is 0.185. The fraction of sp³-hybridized carbons (Fsp3) is 0.636. The van der Waals surface area contributed by atoms with Crippen molar-refractivity contribution in [1.82, 2.24) is 15.2 Å². The summed E-state index contributed by atoms with van der Waals surface area (Å²) in [6.07, 6.45) is 3.87. The van der Waals surface area contributed by atoms with Crippen molar-refractivity contribution in [2.75, 3.05) is 13.1 Å². The predicted molar refractivity (Wildman–Crippen MR) is 67.9 cm³/mol. The summed E-state index contributed by atoms with van der Waals surface area (Å²) in [4.78, 5) is 18.2. The molecule has 5 nitrogen and oxygen atoms in total. The van der Waals surface area contributed by atoms with Gasteiger partial charge in [0.1, 0.15) is 0 Å². The van der Waals surface area contributed by atoms with Gasteiger partial charge in [-0.3, -0.25) is 0 Å². The third kappa shape index (κ3) is 3.41. The summed E-state index contributed by atoms with van der Waals surface area (Å²) in [5, 5.41) is 4.60. The van der Waals surface area contributed by atoms with Crippen molar-refractivity contribution in [3.63, 3.8) is 0 Å². The molecule has 0 aromatic carbocycles. The number of thiazole rings is 1. The number of amides is 2. The van der Waals surface area contributed by atoms with Crippen molar-refractivity contribution in [3.05, 3.63) is 16.1 Å². The molecule has 0 spiro atoms. The summed E-state index contributed by atoms with van der Waals surface area (Å²) < 4.78 is 0. The quantitative estimate of drug-likeness (QED) is 0.848. The van der Waals surface area contributed by atoms with E-state index < -0.39 is 0 Å².